The van der Waals surface area contributed by atoms with Crippen LogP contribution >= 0.6 is 0 Å². The first-order valence-corrected chi connectivity index (χ1v) is 8.79. The van der Waals surface area contributed by atoms with Gasteiger partial charge in [0.1, 0.15) is 6.54 Å². The van der Waals surface area contributed by atoms with Gasteiger partial charge in [-0.05, 0) is 22.9 Å². The van der Waals surface area contributed by atoms with Crippen molar-refractivity contribution in [3.05, 3.63) is 42.5 Å². The Kier molecular flexibility index (Phi) is 4.50. The molecule has 0 saturated carbocycles. The summed E-state index contributed by atoms with van der Waals surface area (Å²) in [4.78, 5) is 22.9. The molecule has 7 nitrogen and oxygen atoms in total. The number of nitrogens with one attached hydrogen (secondary N) is 1. The number of sulfonamides is 1. The molecular formula is C16H15NO6S. The van der Waals surface area contributed by atoms with Gasteiger partial charge in [0, 0.05) is 6.42 Å². The molecule has 1 N–H and O–H groups in total. The van der Waals surface area contributed by atoms with Gasteiger partial charge in [0.2, 0.25) is 16.1 Å². The van der Waals surface area contributed by atoms with Crippen LogP contribution in [0.25, 0.3) is 10.8 Å². The molecule has 1 aliphatic heterocycles. The predicted octanol–water partition coefficient (Wildman–Crippen LogP) is 0.977. The van der Waals surface area contributed by atoms with Crippen molar-refractivity contribution in [2.75, 3.05) is 13.2 Å². The highest BCUT2D eigenvalue weighted by Gasteiger charge is 2.30. The lowest BCUT2D eigenvalue weighted by Crippen LogP contribution is -2.33. The quantitative estimate of drug-likeness (QED) is 0.808. The Morgan fingerprint density at radius 1 is 1.21 bits per heavy atom. The number of esters is 2. The standard InChI is InChI=1S/C16H15NO6S/c18-15(23-14-7-8-22-16(14)19)10-17-24(20,21)13-6-5-11-3-1-2-4-12(11)9-13/h1-6,9,14,17H,7-8,10H2/t14-/m0/s1. The SMILES string of the molecule is O=C(CNS(=O)(=O)c1ccc2ccccc2c1)O[C@H]1CCOC1=O. The highest BCUT2D eigenvalue weighted by atomic mass is 32.2. The van der Waals surface area contributed by atoms with Crippen molar-refractivity contribution >= 4 is 32.7 Å². The minimum absolute atomic E-state index is 0.0503. The molecule has 0 unspecified atom stereocenters. The first-order chi connectivity index (χ1) is 11.5. The number of cyclic esters (lactones) is 1. The lowest BCUT2D eigenvalue weighted by atomic mass is 10.1. The molecule has 3 rings (SSSR count). The van der Waals surface area contributed by atoms with E-state index in [4.69, 9.17) is 4.74 Å². The zero-order valence-corrected chi connectivity index (χ0v) is 13.4. The average molecular weight is 349 g/mol. The Hall–Kier alpha value is -2.45. The van der Waals surface area contributed by atoms with Gasteiger partial charge in [-0.3, -0.25) is 4.79 Å². The number of rotatable bonds is 5. The van der Waals surface area contributed by atoms with Gasteiger partial charge in [0.05, 0.1) is 11.5 Å². The van der Waals surface area contributed by atoms with E-state index in [0.29, 0.717) is 0 Å². The Morgan fingerprint density at radius 3 is 2.67 bits per heavy atom. The highest BCUT2D eigenvalue weighted by Crippen LogP contribution is 2.18. The molecule has 0 amide bonds. The molecule has 1 aliphatic rings. The van der Waals surface area contributed by atoms with Gasteiger partial charge in [-0.25, -0.2) is 13.2 Å². The number of hydrogen-bond donors (Lipinski definition) is 1. The lowest BCUT2D eigenvalue weighted by Gasteiger charge is -2.10. The van der Waals surface area contributed by atoms with E-state index >= 15 is 0 Å². The maximum Gasteiger partial charge on any atom is 0.347 e. The van der Waals surface area contributed by atoms with Crippen LogP contribution in [0.2, 0.25) is 0 Å². The van der Waals surface area contributed by atoms with Gasteiger partial charge in [-0.15, -0.1) is 0 Å². The zero-order valence-electron chi connectivity index (χ0n) is 12.6. The van der Waals surface area contributed by atoms with E-state index in [1.165, 1.54) is 12.1 Å². The molecule has 1 atom stereocenters. The van der Waals surface area contributed by atoms with Gasteiger partial charge in [0.25, 0.3) is 0 Å². The second-order valence-electron chi connectivity index (χ2n) is 5.27. The highest BCUT2D eigenvalue weighted by molar-refractivity contribution is 7.89. The summed E-state index contributed by atoms with van der Waals surface area (Å²) in [5.41, 5.74) is 0. The van der Waals surface area contributed by atoms with Crippen molar-refractivity contribution < 1.29 is 27.5 Å². The normalized spacial score (nSPS) is 17.7. The third kappa shape index (κ3) is 3.55. The third-order valence-corrected chi connectivity index (χ3v) is 5.00. The maximum absolute atomic E-state index is 12.3. The van der Waals surface area contributed by atoms with Gasteiger partial charge >= 0.3 is 11.9 Å². The van der Waals surface area contributed by atoms with Gasteiger partial charge in [-0.2, -0.15) is 4.72 Å². The van der Waals surface area contributed by atoms with E-state index in [1.54, 1.807) is 12.1 Å². The number of carbonyl (C=O) groups is 2. The van der Waals surface area contributed by atoms with Crippen LogP contribution in [0.15, 0.2) is 47.4 Å². The minimum atomic E-state index is -3.86. The molecule has 0 bridgehead atoms. The van der Waals surface area contributed by atoms with E-state index in [0.717, 1.165) is 10.8 Å². The number of carbonyl (C=O) groups excluding carboxylic acids is 2. The van der Waals surface area contributed by atoms with Crippen molar-refractivity contribution in [1.29, 1.82) is 0 Å². The molecule has 1 heterocycles. The van der Waals surface area contributed by atoms with Gasteiger partial charge in [-0.1, -0.05) is 30.3 Å². The fourth-order valence-corrected chi connectivity index (χ4v) is 3.36. The van der Waals surface area contributed by atoms with Crippen LogP contribution in [0.1, 0.15) is 6.42 Å². The van der Waals surface area contributed by atoms with Crippen molar-refractivity contribution in [1.82, 2.24) is 4.72 Å². The van der Waals surface area contributed by atoms with Gasteiger partial charge in [0.15, 0.2) is 0 Å². The van der Waals surface area contributed by atoms with Crippen molar-refractivity contribution in [3.63, 3.8) is 0 Å². The molecule has 126 valence electrons. The van der Waals surface area contributed by atoms with Crippen LogP contribution in [0.4, 0.5) is 0 Å². The molecule has 2 aromatic carbocycles. The maximum atomic E-state index is 12.3. The van der Waals surface area contributed by atoms with Crippen LogP contribution < -0.4 is 4.72 Å². The Morgan fingerprint density at radius 2 is 1.96 bits per heavy atom. The fraction of sp³-hybridized carbons (Fsp3) is 0.250. The van der Waals surface area contributed by atoms with E-state index < -0.39 is 34.6 Å². The molecule has 1 saturated heterocycles. The summed E-state index contributed by atoms with van der Waals surface area (Å²) in [5.74, 6) is -1.44. The predicted molar refractivity (Wildman–Crippen MR) is 84.6 cm³/mol. The Labute approximate surface area is 138 Å². The van der Waals surface area contributed by atoms with Crippen molar-refractivity contribution in [3.8, 4) is 0 Å². The molecule has 0 aliphatic carbocycles. The lowest BCUT2D eigenvalue weighted by molar-refractivity contribution is -0.159. The van der Waals surface area contributed by atoms with Crippen LogP contribution in [0.3, 0.4) is 0 Å². The first-order valence-electron chi connectivity index (χ1n) is 7.30. The molecule has 8 heteroatoms. The number of ether oxygens (including phenoxy) is 2. The van der Waals surface area contributed by atoms with E-state index in [9.17, 15) is 18.0 Å². The molecule has 2 aromatic rings. The zero-order chi connectivity index (χ0) is 17.2. The van der Waals surface area contributed by atoms with E-state index in [2.05, 4.69) is 9.46 Å². The van der Waals surface area contributed by atoms with E-state index in [-0.39, 0.29) is 17.9 Å². The Bertz CT molecular complexity index is 892. The van der Waals surface area contributed by atoms with Crippen molar-refractivity contribution in [2.45, 2.75) is 17.4 Å². The van der Waals surface area contributed by atoms with Crippen molar-refractivity contribution in [2.24, 2.45) is 0 Å². The van der Waals surface area contributed by atoms with Gasteiger partial charge < -0.3 is 9.47 Å². The molecule has 0 spiro atoms. The molecule has 0 aromatic heterocycles. The van der Waals surface area contributed by atoms with Crippen LogP contribution in [-0.2, 0) is 29.1 Å². The minimum Gasteiger partial charge on any atom is -0.463 e. The molecule has 24 heavy (non-hydrogen) atoms. The second-order valence-corrected chi connectivity index (χ2v) is 7.04. The largest absolute Gasteiger partial charge is 0.463 e. The van der Waals surface area contributed by atoms with Crippen LogP contribution in [-0.4, -0.2) is 39.6 Å². The van der Waals surface area contributed by atoms with Crippen LogP contribution in [0.5, 0.6) is 0 Å². The summed E-state index contributed by atoms with van der Waals surface area (Å²) in [6.07, 6.45) is -0.676. The summed E-state index contributed by atoms with van der Waals surface area (Å²) in [5, 5.41) is 1.69. The van der Waals surface area contributed by atoms with E-state index in [1.807, 2.05) is 18.2 Å². The first kappa shape index (κ1) is 16.4. The number of hydrogen-bond acceptors (Lipinski definition) is 6. The second kappa shape index (κ2) is 6.58. The molecule has 1 fully saturated rings. The van der Waals surface area contributed by atoms with Crippen LogP contribution in [0, 0.1) is 0 Å². The topological polar surface area (TPSA) is 98.8 Å². The summed E-state index contributed by atoms with van der Waals surface area (Å²) in [6, 6.07) is 12.0. The Balaban J connectivity index is 1.66. The fourth-order valence-electron chi connectivity index (χ4n) is 2.36. The number of fused-ring (bicyclic) bond motifs is 1. The summed E-state index contributed by atoms with van der Waals surface area (Å²) in [6.45, 7) is -0.363. The smallest absolute Gasteiger partial charge is 0.347 e. The summed E-state index contributed by atoms with van der Waals surface area (Å²) >= 11 is 0. The summed E-state index contributed by atoms with van der Waals surface area (Å²) in [7, 11) is -3.86. The third-order valence-electron chi connectivity index (χ3n) is 3.60. The molecular weight excluding hydrogens is 334 g/mol. The summed E-state index contributed by atoms with van der Waals surface area (Å²) < 4.78 is 36.3. The molecule has 0 radical (unpaired) electrons. The number of benzene rings is 2. The monoisotopic (exact) mass is 349 g/mol. The average Bonchev–Trinajstić information content (AvgIpc) is 2.97.